The minimum Gasteiger partial charge on any atom is -0.372 e. The Kier molecular flexibility index (Phi) is 3.54. The number of rotatable bonds is 3. The average Bonchev–Trinajstić information content (AvgIpc) is 2.94. The predicted molar refractivity (Wildman–Crippen MR) is 79.3 cm³/mol. The Bertz CT molecular complexity index is 722. The van der Waals surface area contributed by atoms with E-state index in [0.717, 1.165) is 11.1 Å². The maximum Gasteiger partial charge on any atom is 0.255 e. The molecule has 4 heteroatoms. The van der Waals surface area contributed by atoms with Gasteiger partial charge in [-0.05, 0) is 42.3 Å². The summed E-state index contributed by atoms with van der Waals surface area (Å²) in [5.41, 5.74) is 3.78. The molecule has 1 N–H and O–H groups in total. The van der Waals surface area contributed by atoms with Crippen LogP contribution in [-0.2, 0) is 18.0 Å². The number of nitrogens with one attached hydrogen (secondary N) is 1. The first-order chi connectivity index (χ1) is 10.1. The van der Waals surface area contributed by atoms with Crippen LogP contribution < -0.4 is 5.32 Å². The summed E-state index contributed by atoms with van der Waals surface area (Å²) < 4.78 is 5.34. The normalized spacial score (nSPS) is 12.8. The van der Waals surface area contributed by atoms with Crippen molar-refractivity contribution in [2.24, 2.45) is 0 Å². The van der Waals surface area contributed by atoms with Crippen molar-refractivity contribution in [3.8, 4) is 0 Å². The van der Waals surface area contributed by atoms with E-state index in [-0.39, 0.29) is 11.7 Å². The number of hydrogen-bond acceptors (Lipinski definition) is 3. The lowest BCUT2D eigenvalue weighted by atomic mass is 10.1. The molecule has 1 amide bonds. The number of ketones is 1. The number of amides is 1. The van der Waals surface area contributed by atoms with Crippen molar-refractivity contribution in [2.45, 2.75) is 20.1 Å². The van der Waals surface area contributed by atoms with Crippen LogP contribution in [0.25, 0.3) is 0 Å². The van der Waals surface area contributed by atoms with Crippen LogP contribution >= 0.6 is 0 Å². The third-order valence-electron chi connectivity index (χ3n) is 3.54. The first-order valence-electron chi connectivity index (χ1n) is 6.76. The van der Waals surface area contributed by atoms with E-state index in [2.05, 4.69) is 5.32 Å². The molecule has 0 bridgehead atoms. The second-order valence-corrected chi connectivity index (χ2v) is 5.03. The molecule has 1 heterocycles. The highest BCUT2D eigenvalue weighted by Gasteiger charge is 2.15. The van der Waals surface area contributed by atoms with Crippen molar-refractivity contribution in [3.05, 3.63) is 64.7 Å². The van der Waals surface area contributed by atoms with Crippen molar-refractivity contribution >= 4 is 17.4 Å². The number of carbonyl (C=O) groups is 2. The van der Waals surface area contributed by atoms with Crippen molar-refractivity contribution in [1.29, 1.82) is 0 Å². The summed E-state index contributed by atoms with van der Waals surface area (Å²) in [5.74, 6) is -0.299. The summed E-state index contributed by atoms with van der Waals surface area (Å²) in [4.78, 5) is 23.9. The van der Waals surface area contributed by atoms with E-state index < -0.39 is 0 Å². The lowest BCUT2D eigenvalue weighted by Gasteiger charge is -2.09. The predicted octanol–water partition coefficient (Wildman–Crippen LogP) is 3.17. The number of ether oxygens (including phenoxy) is 1. The van der Waals surface area contributed by atoms with Crippen LogP contribution in [0.1, 0.15) is 38.8 Å². The average molecular weight is 281 g/mol. The molecule has 4 nitrogen and oxygen atoms in total. The Morgan fingerprint density at radius 2 is 1.81 bits per heavy atom. The van der Waals surface area contributed by atoms with Gasteiger partial charge in [0.1, 0.15) is 0 Å². The lowest BCUT2D eigenvalue weighted by molar-refractivity contribution is 0.101. The van der Waals surface area contributed by atoms with Gasteiger partial charge >= 0.3 is 0 Å². The van der Waals surface area contributed by atoms with Crippen LogP contribution in [0.4, 0.5) is 5.69 Å². The van der Waals surface area contributed by atoms with E-state index in [1.165, 1.54) is 6.92 Å². The molecule has 0 saturated heterocycles. The number of Topliss-reactive ketones (excluding diaryl/α,β-unsaturated/α-hetero) is 1. The fourth-order valence-corrected chi connectivity index (χ4v) is 2.41. The van der Waals surface area contributed by atoms with Gasteiger partial charge in [0.25, 0.3) is 5.91 Å². The SMILES string of the molecule is CC(=O)c1ccccc1NC(=O)c1ccc2c(c1)COC2. The van der Waals surface area contributed by atoms with Gasteiger partial charge in [-0.1, -0.05) is 18.2 Å². The Morgan fingerprint density at radius 3 is 2.62 bits per heavy atom. The smallest absolute Gasteiger partial charge is 0.255 e. The van der Waals surface area contributed by atoms with Crippen molar-refractivity contribution in [2.75, 3.05) is 5.32 Å². The van der Waals surface area contributed by atoms with Gasteiger partial charge in [-0.25, -0.2) is 0 Å². The molecule has 0 fully saturated rings. The van der Waals surface area contributed by atoms with Crippen molar-refractivity contribution in [1.82, 2.24) is 0 Å². The molecule has 1 aliphatic rings. The molecule has 1 aliphatic heterocycles. The number of carbonyl (C=O) groups excluding carboxylic acids is 2. The summed E-state index contributed by atoms with van der Waals surface area (Å²) in [7, 11) is 0. The van der Waals surface area contributed by atoms with E-state index in [0.29, 0.717) is 30.0 Å². The number of benzene rings is 2. The fraction of sp³-hybridized carbons (Fsp3) is 0.176. The highest BCUT2D eigenvalue weighted by Crippen LogP contribution is 2.22. The van der Waals surface area contributed by atoms with Gasteiger partial charge in [0.15, 0.2) is 5.78 Å². The minimum atomic E-state index is -0.224. The van der Waals surface area contributed by atoms with E-state index in [1.54, 1.807) is 30.3 Å². The monoisotopic (exact) mass is 281 g/mol. The van der Waals surface area contributed by atoms with Gasteiger partial charge < -0.3 is 10.1 Å². The molecule has 0 radical (unpaired) electrons. The first-order valence-corrected chi connectivity index (χ1v) is 6.76. The number of fused-ring (bicyclic) bond motifs is 1. The van der Waals surface area contributed by atoms with Crippen LogP contribution in [0.15, 0.2) is 42.5 Å². The van der Waals surface area contributed by atoms with Crippen LogP contribution in [0.2, 0.25) is 0 Å². The van der Waals surface area contributed by atoms with Gasteiger partial charge in [-0.2, -0.15) is 0 Å². The quantitative estimate of drug-likeness (QED) is 0.879. The molecule has 0 unspecified atom stereocenters. The van der Waals surface area contributed by atoms with Crippen LogP contribution in [0.3, 0.4) is 0 Å². The standard InChI is InChI=1S/C17H15NO3/c1-11(19)15-4-2-3-5-16(15)18-17(20)12-6-7-13-9-21-10-14(13)8-12/h2-8H,9-10H2,1H3,(H,18,20). The molecule has 21 heavy (non-hydrogen) atoms. The van der Waals surface area contributed by atoms with Gasteiger partial charge in [0.2, 0.25) is 0 Å². The van der Waals surface area contributed by atoms with E-state index in [4.69, 9.17) is 4.74 Å². The molecule has 0 aromatic heterocycles. The second kappa shape index (κ2) is 5.50. The summed E-state index contributed by atoms with van der Waals surface area (Å²) >= 11 is 0. The highest BCUT2D eigenvalue weighted by atomic mass is 16.5. The Balaban J connectivity index is 1.85. The maximum absolute atomic E-state index is 12.3. The molecule has 0 saturated carbocycles. The number of hydrogen-bond donors (Lipinski definition) is 1. The molecule has 0 aliphatic carbocycles. The van der Waals surface area contributed by atoms with Gasteiger partial charge in [0, 0.05) is 11.1 Å². The third kappa shape index (κ3) is 2.71. The second-order valence-electron chi connectivity index (χ2n) is 5.03. The molecule has 3 rings (SSSR count). The molecule has 0 atom stereocenters. The Hall–Kier alpha value is -2.46. The molecule has 106 valence electrons. The largest absolute Gasteiger partial charge is 0.372 e. The van der Waals surface area contributed by atoms with E-state index in [9.17, 15) is 9.59 Å². The number of anilines is 1. The van der Waals surface area contributed by atoms with Crippen molar-refractivity contribution < 1.29 is 14.3 Å². The topological polar surface area (TPSA) is 55.4 Å². The summed E-state index contributed by atoms with van der Waals surface area (Å²) in [6, 6.07) is 12.5. The van der Waals surface area contributed by atoms with Gasteiger partial charge in [-0.15, -0.1) is 0 Å². The minimum absolute atomic E-state index is 0.0757. The fourth-order valence-electron chi connectivity index (χ4n) is 2.41. The zero-order chi connectivity index (χ0) is 14.8. The van der Waals surface area contributed by atoms with E-state index in [1.807, 2.05) is 12.1 Å². The summed E-state index contributed by atoms with van der Waals surface area (Å²) in [6.45, 7) is 2.63. The molecule has 2 aromatic carbocycles. The van der Waals surface area contributed by atoms with Gasteiger partial charge in [0.05, 0.1) is 18.9 Å². The molecule has 0 spiro atoms. The summed E-state index contributed by atoms with van der Waals surface area (Å²) in [6.07, 6.45) is 0. The molecular formula is C17H15NO3. The lowest BCUT2D eigenvalue weighted by Crippen LogP contribution is -2.14. The van der Waals surface area contributed by atoms with Crippen LogP contribution in [-0.4, -0.2) is 11.7 Å². The third-order valence-corrected chi connectivity index (χ3v) is 3.54. The number of para-hydroxylation sites is 1. The zero-order valence-corrected chi connectivity index (χ0v) is 11.7. The van der Waals surface area contributed by atoms with E-state index >= 15 is 0 Å². The molecular weight excluding hydrogens is 266 g/mol. The Morgan fingerprint density at radius 1 is 1.05 bits per heavy atom. The van der Waals surface area contributed by atoms with Gasteiger partial charge in [-0.3, -0.25) is 9.59 Å². The Labute approximate surface area is 122 Å². The molecule has 2 aromatic rings. The first kappa shape index (κ1) is 13.5. The van der Waals surface area contributed by atoms with Crippen LogP contribution in [0.5, 0.6) is 0 Å². The zero-order valence-electron chi connectivity index (χ0n) is 11.7. The van der Waals surface area contributed by atoms with Crippen LogP contribution in [0, 0.1) is 0 Å². The summed E-state index contributed by atoms with van der Waals surface area (Å²) in [5, 5.41) is 2.80. The van der Waals surface area contributed by atoms with Crippen molar-refractivity contribution in [3.63, 3.8) is 0 Å². The highest BCUT2D eigenvalue weighted by molar-refractivity contribution is 6.09. The maximum atomic E-state index is 12.3.